The van der Waals surface area contributed by atoms with Gasteiger partial charge in [-0.1, -0.05) is 133 Å². The lowest BCUT2D eigenvalue weighted by atomic mass is 9.97. The second-order valence-electron chi connectivity index (χ2n) is 14.1. The molecule has 0 fully saturated rings. The SMILES string of the molecule is c1ccc(-c2ccc(N(c3ccc(-c4ccc5c(c4)oc4ccccc45)cc3)c3ccccc3-c3ccc4ccc5c6ccccc6oc5c4c3)cc2)cc1. The first kappa shape index (κ1) is 31.2. The number of hydrogen-bond donors (Lipinski definition) is 0. The number of anilines is 3. The molecular formula is C52H33NO2. The Labute approximate surface area is 317 Å². The van der Waals surface area contributed by atoms with Gasteiger partial charge in [-0.25, -0.2) is 0 Å². The van der Waals surface area contributed by atoms with Crippen LogP contribution in [-0.4, -0.2) is 0 Å². The molecule has 0 aliphatic carbocycles. The van der Waals surface area contributed by atoms with E-state index < -0.39 is 0 Å². The topological polar surface area (TPSA) is 29.5 Å². The van der Waals surface area contributed by atoms with Gasteiger partial charge in [-0.3, -0.25) is 0 Å². The van der Waals surface area contributed by atoms with Gasteiger partial charge in [-0.05, 0) is 99.9 Å². The van der Waals surface area contributed by atoms with Crippen molar-refractivity contribution in [3.8, 4) is 33.4 Å². The molecule has 258 valence electrons. The number of hydrogen-bond acceptors (Lipinski definition) is 3. The van der Waals surface area contributed by atoms with E-state index in [9.17, 15) is 0 Å². The molecule has 0 unspecified atom stereocenters. The maximum Gasteiger partial charge on any atom is 0.143 e. The maximum atomic E-state index is 6.49. The maximum absolute atomic E-state index is 6.49. The molecule has 0 spiro atoms. The summed E-state index contributed by atoms with van der Waals surface area (Å²) in [6.07, 6.45) is 0. The van der Waals surface area contributed by atoms with Crippen LogP contribution in [0.4, 0.5) is 17.1 Å². The highest BCUT2D eigenvalue weighted by Gasteiger charge is 2.19. The smallest absolute Gasteiger partial charge is 0.143 e. The average Bonchev–Trinajstić information content (AvgIpc) is 3.83. The number of benzene rings is 9. The minimum Gasteiger partial charge on any atom is -0.456 e. The van der Waals surface area contributed by atoms with Crippen molar-refractivity contribution in [2.24, 2.45) is 0 Å². The molecule has 0 radical (unpaired) electrons. The van der Waals surface area contributed by atoms with Crippen molar-refractivity contribution in [3.63, 3.8) is 0 Å². The largest absolute Gasteiger partial charge is 0.456 e. The van der Waals surface area contributed by atoms with Crippen molar-refractivity contribution in [2.45, 2.75) is 0 Å². The van der Waals surface area contributed by atoms with Gasteiger partial charge in [-0.15, -0.1) is 0 Å². The Morgan fingerprint density at radius 2 is 0.836 bits per heavy atom. The van der Waals surface area contributed by atoms with E-state index in [2.05, 4.69) is 181 Å². The Kier molecular flexibility index (Phi) is 7.17. The van der Waals surface area contributed by atoms with Gasteiger partial charge in [0.15, 0.2) is 0 Å². The predicted molar refractivity (Wildman–Crippen MR) is 229 cm³/mol. The summed E-state index contributed by atoms with van der Waals surface area (Å²) in [5, 5.41) is 6.79. The summed E-state index contributed by atoms with van der Waals surface area (Å²) < 4.78 is 12.7. The molecule has 0 aliphatic rings. The molecule has 9 aromatic carbocycles. The van der Waals surface area contributed by atoms with Crippen molar-refractivity contribution in [1.82, 2.24) is 0 Å². The van der Waals surface area contributed by atoms with Gasteiger partial charge in [0.2, 0.25) is 0 Å². The summed E-state index contributed by atoms with van der Waals surface area (Å²) in [7, 11) is 0. The number of para-hydroxylation sites is 3. The van der Waals surface area contributed by atoms with Gasteiger partial charge in [0.05, 0.1) is 5.69 Å². The van der Waals surface area contributed by atoms with Crippen LogP contribution < -0.4 is 4.90 Å². The summed E-state index contributed by atoms with van der Waals surface area (Å²) in [6, 6.07) is 71.1. The Morgan fingerprint density at radius 3 is 1.60 bits per heavy atom. The third kappa shape index (κ3) is 5.28. The van der Waals surface area contributed by atoms with E-state index in [1.807, 2.05) is 24.3 Å². The van der Waals surface area contributed by atoms with Gasteiger partial charge in [0.25, 0.3) is 0 Å². The van der Waals surface area contributed by atoms with Crippen molar-refractivity contribution in [1.29, 1.82) is 0 Å². The molecule has 0 atom stereocenters. The minimum absolute atomic E-state index is 0.896. The van der Waals surface area contributed by atoms with Crippen LogP contribution >= 0.6 is 0 Å². The molecule has 0 saturated carbocycles. The standard InChI is InChI=1S/C52H33NO2/c1-2-10-34(11-3-1)35-20-26-40(27-21-35)53(41-28-22-36(23-29-41)38-25-30-45-43-13-5-8-16-49(43)54-51(45)33-38)48-15-7-4-12-42(48)39-19-18-37-24-31-46-44-14-6-9-17-50(44)55-52(46)47(37)32-39/h1-33H. The van der Waals surface area contributed by atoms with Crippen LogP contribution in [0.15, 0.2) is 209 Å². The lowest BCUT2D eigenvalue weighted by Crippen LogP contribution is -2.11. The van der Waals surface area contributed by atoms with Crippen molar-refractivity contribution in [2.75, 3.05) is 4.90 Å². The fourth-order valence-electron chi connectivity index (χ4n) is 8.15. The molecule has 0 bridgehead atoms. The molecule has 11 rings (SSSR count). The van der Waals surface area contributed by atoms with E-state index in [-0.39, 0.29) is 0 Å². The molecule has 55 heavy (non-hydrogen) atoms. The van der Waals surface area contributed by atoms with Crippen LogP contribution in [0.2, 0.25) is 0 Å². The molecule has 0 aliphatic heterocycles. The van der Waals surface area contributed by atoms with Crippen molar-refractivity contribution < 1.29 is 8.83 Å². The zero-order valence-electron chi connectivity index (χ0n) is 29.8. The van der Waals surface area contributed by atoms with Gasteiger partial charge in [0, 0.05) is 43.9 Å². The molecule has 0 N–H and O–H groups in total. The molecule has 11 aromatic rings. The van der Waals surface area contributed by atoms with E-state index in [0.29, 0.717) is 0 Å². The van der Waals surface area contributed by atoms with Crippen molar-refractivity contribution >= 4 is 71.7 Å². The molecule has 2 aromatic heterocycles. The summed E-state index contributed by atoms with van der Waals surface area (Å²) in [6.45, 7) is 0. The second-order valence-corrected chi connectivity index (χ2v) is 14.1. The summed E-state index contributed by atoms with van der Waals surface area (Å²) in [5.74, 6) is 0. The summed E-state index contributed by atoms with van der Waals surface area (Å²) >= 11 is 0. The normalized spacial score (nSPS) is 11.6. The third-order valence-corrected chi connectivity index (χ3v) is 10.9. The summed E-state index contributed by atoms with van der Waals surface area (Å²) in [4.78, 5) is 2.36. The first-order chi connectivity index (χ1) is 27.2. The highest BCUT2D eigenvalue weighted by molar-refractivity contribution is 6.15. The monoisotopic (exact) mass is 703 g/mol. The second kappa shape index (κ2) is 12.6. The van der Waals surface area contributed by atoms with Crippen LogP contribution in [0.25, 0.3) is 88.0 Å². The quantitative estimate of drug-likeness (QED) is 0.173. The first-order valence-electron chi connectivity index (χ1n) is 18.7. The predicted octanol–water partition coefficient (Wildman–Crippen LogP) is 15.1. The Bertz CT molecular complexity index is 3190. The van der Waals surface area contributed by atoms with E-state index in [4.69, 9.17) is 8.83 Å². The molecule has 0 amide bonds. The lowest BCUT2D eigenvalue weighted by molar-refractivity contribution is 0.669. The number of furan rings is 2. The van der Waals surface area contributed by atoms with Gasteiger partial charge >= 0.3 is 0 Å². The zero-order valence-corrected chi connectivity index (χ0v) is 29.8. The first-order valence-corrected chi connectivity index (χ1v) is 18.7. The van der Waals surface area contributed by atoms with E-state index in [1.54, 1.807) is 0 Å². The average molecular weight is 704 g/mol. The molecule has 3 nitrogen and oxygen atoms in total. The van der Waals surface area contributed by atoms with Gasteiger partial charge in [0.1, 0.15) is 22.3 Å². The Hall–Kier alpha value is -7.36. The van der Waals surface area contributed by atoms with Crippen molar-refractivity contribution in [3.05, 3.63) is 200 Å². The van der Waals surface area contributed by atoms with Gasteiger partial charge < -0.3 is 13.7 Å². The van der Waals surface area contributed by atoms with Crippen LogP contribution in [-0.2, 0) is 0 Å². The van der Waals surface area contributed by atoms with E-state index in [0.717, 1.165) is 94.0 Å². The van der Waals surface area contributed by atoms with E-state index in [1.165, 1.54) is 11.1 Å². The third-order valence-electron chi connectivity index (χ3n) is 10.9. The van der Waals surface area contributed by atoms with E-state index >= 15 is 0 Å². The summed E-state index contributed by atoms with van der Waals surface area (Å²) in [5.41, 5.74) is 13.7. The van der Waals surface area contributed by atoms with Gasteiger partial charge in [-0.2, -0.15) is 0 Å². The fourth-order valence-corrected chi connectivity index (χ4v) is 8.15. The molecule has 3 heteroatoms. The van der Waals surface area contributed by atoms with Crippen LogP contribution in [0.1, 0.15) is 0 Å². The zero-order chi connectivity index (χ0) is 36.3. The number of fused-ring (bicyclic) bond motifs is 8. The Morgan fingerprint density at radius 1 is 0.309 bits per heavy atom. The molecule has 0 saturated heterocycles. The fraction of sp³-hybridized carbons (Fsp3) is 0. The molecule has 2 heterocycles. The number of rotatable bonds is 6. The molecular weight excluding hydrogens is 671 g/mol. The highest BCUT2D eigenvalue weighted by atomic mass is 16.3. The van der Waals surface area contributed by atoms with Crippen LogP contribution in [0, 0.1) is 0 Å². The Balaban J connectivity index is 1.04. The van der Waals surface area contributed by atoms with Crippen LogP contribution in [0.3, 0.4) is 0 Å². The highest BCUT2D eigenvalue weighted by Crippen LogP contribution is 2.44. The minimum atomic E-state index is 0.896. The lowest BCUT2D eigenvalue weighted by Gasteiger charge is -2.28. The number of nitrogens with zero attached hydrogens (tertiary/aromatic N) is 1. The van der Waals surface area contributed by atoms with Crippen LogP contribution in [0.5, 0.6) is 0 Å².